The average Bonchev–Trinajstić information content (AvgIpc) is 3.11. The van der Waals surface area contributed by atoms with E-state index < -0.39 is 0 Å². The molecule has 144 valence electrons. The molecule has 0 atom stereocenters. The van der Waals surface area contributed by atoms with Crippen LogP contribution in [0.5, 0.6) is 11.5 Å². The predicted octanol–water partition coefficient (Wildman–Crippen LogP) is 2.73. The first-order valence-electron chi connectivity index (χ1n) is 9.27. The molecule has 0 radical (unpaired) electrons. The number of ether oxygens (including phenoxy) is 2. The van der Waals surface area contributed by atoms with E-state index in [0.29, 0.717) is 19.9 Å². The van der Waals surface area contributed by atoms with Crippen LogP contribution in [-0.4, -0.2) is 38.3 Å². The van der Waals surface area contributed by atoms with Crippen molar-refractivity contribution in [3.05, 3.63) is 59.2 Å². The van der Waals surface area contributed by atoms with Gasteiger partial charge in [-0.25, -0.2) is 4.99 Å². The minimum absolute atomic E-state index is 0.295. The average molecular weight is 368 g/mol. The topological polar surface area (TPSA) is 58.1 Å². The van der Waals surface area contributed by atoms with Crippen molar-refractivity contribution in [2.24, 2.45) is 4.99 Å². The molecule has 2 aromatic carbocycles. The van der Waals surface area contributed by atoms with Crippen LogP contribution in [-0.2, 0) is 19.6 Å². The van der Waals surface area contributed by atoms with E-state index in [1.54, 1.807) is 0 Å². The molecule has 0 fully saturated rings. The van der Waals surface area contributed by atoms with Gasteiger partial charge in [0.2, 0.25) is 6.79 Å². The number of fused-ring (bicyclic) bond motifs is 1. The number of hydrogen-bond acceptors (Lipinski definition) is 4. The number of guanidine groups is 1. The van der Waals surface area contributed by atoms with Crippen molar-refractivity contribution in [1.29, 1.82) is 0 Å². The molecule has 0 spiro atoms. The molecule has 3 rings (SSSR count). The van der Waals surface area contributed by atoms with Crippen molar-refractivity contribution in [3.63, 3.8) is 0 Å². The lowest BCUT2D eigenvalue weighted by Crippen LogP contribution is -2.36. The first kappa shape index (κ1) is 19.0. The molecule has 1 heterocycles. The third-order valence-electron chi connectivity index (χ3n) is 4.15. The third kappa shape index (κ3) is 5.62. The molecule has 6 nitrogen and oxygen atoms in total. The summed E-state index contributed by atoms with van der Waals surface area (Å²) in [6, 6.07) is 14.6. The van der Waals surface area contributed by atoms with Gasteiger partial charge in [-0.3, -0.25) is 0 Å². The lowest BCUT2D eigenvalue weighted by molar-refractivity contribution is 0.174. The van der Waals surface area contributed by atoms with E-state index in [1.807, 2.05) is 18.2 Å². The Hall–Kier alpha value is -2.73. The summed E-state index contributed by atoms with van der Waals surface area (Å²) in [5.41, 5.74) is 3.62. The monoisotopic (exact) mass is 368 g/mol. The zero-order valence-electron chi connectivity index (χ0n) is 16.3. The summed E-state index contributed by atoms with van der Waals surface area (Å²) in [6.45, 7) is 5.41. The molecule has 0 aliphatic carbocycles. The van der Waals surface area contributed by atoms with Crippen LogP contribution in [0.25, 0.3) is 0 Å². The second kappa shape index (κ2) is 9.28. The summed E-state index contributed by atoms with van der Waals surface area (Å²) in [6.07, 6.45) is 0. The van der Waals surface area contributed by atoms with Crippen molar-refractivity contribution >= 4 is 5.96 Å². The molecule has 6 heteroatoms. The maximum Gasteiger partial charge on any atom is 0.231 e. The second-order valence-electron chi connectivity index (χ2n) is 6.79. The Labute approximate surface area is 161 Å². The highest BCUT2D eigenvalue weighted by molar-refractivity contribution is 5.79. The summed E-state index contributed by atoms with van der Waals surface area (Å²) in [5, 5.41) is 6.68. The molecule has 1 aliphatic rings. The SMILES string of the molecule is CCNC(=NCc1cccc(CN(C)C)c1)NCc1ccc2c(c1)OCO2. The first-order valence-corrected chi connectivity index (χ1v) is 9.27. The van der Waals surface area contributed by atoms with E-state index in [-0.39, 0.29) is 0 Å². The van der Waals surface area contributed by atoms with Crippen molar-refractivity contribution < 1.29 is 9.47 Å². The third-order valence-corrected chi connectivity index (χ3v) is 4.15. The largest absolute Gasteiger partial charge is 0.454 e. The van der Waals surface area contributed by atoms with Crippen molar-refractivity contribution in [2.75, 3.05) is 27.4 Å². The van der Waals surface area contributed by atoms with Gasteiger partial charge in [0, 0.05) is 19.6 Å². The van der Waals surface area contributed by atoms with Gasteiger partial charge in [-0.15, -0.1) is 0 Å². The number of nitrogens with one attached hydrogen (secondary N) is 2. The number of aliphatic imine (C=N–C) groups is 1. The second-order valence-corrected chi connectivity index (χ2v) is 6.79. The summed E-state index contributed by atoms with van der Waals surface area (Å²) in [5.74, 6) is 2.40. The molecule has 2 N–H and O–H groups in total. The molecule has 0 amide bonds. The van der Waals surface area contributed by atoms with Gasteiger partial charge in [0.15, 0.2) is 17.5 Å². The highest BCUT2D eigenvalue weighted by Gasteiger charge is 2.13. The molecule has 0 saturated carbocycles. The highest BCUT2D eigenvalue weighted by atomic mass is 16.7. The Balaban J connectivity index is 1.61. The van der Waals surface area contributed by atoms with Crippen LogP contribution in [0.3, 0.4) is 0 Å². The quantitative estimate of drug-likeness (QED) is 0.581. The molecule has 2 aromatic rings. The first-order chi connectivity index (χ1) is 13.1. The van der Waals surface area contributed by atoms with Crippen molar-refractivity contribution in [3.8, 4) is 11.5 Å². The predicted molar refractivity (Wildman–Crippen MR) is 108 cm³/mol. The van der Waals surface area contributed by atoms with E-state index >= 15 is 0 Å². The summed E-state index contributed by atoms with van der Waals surface area (Å²) in [4.78, 5) is 6.88. The minimum atomic E-state index is 0.295. The summed E-state index contributed by atoms with van der Waals surface area (Å²) in [7, 11) is 4.16. The van der Waals surface area contributed by atoms with Gasteiger partial charge >= 0.3 is 0 Å². The Bertz CT molecular complexity index is 790. The lowest BCUT2D eigenvalue weighted by Gasteiger charge is -2.13. The number of rotatable bonds is 7. The molecular weight excluding hydrogens is 340 g/mol. The van der Waals surface area contributed by atoms with Gasteiger partial charge in [0.25, 0.3) is 0 Å². The molecule has 27 heavy (non-hydrogen) atoms. The molecule has 0 aromatic heterocycles. The van der Waals surface area contributed by atoms with Crippen LogP contribution in [0.2, 0.25) is 0 Å². The zero-order chi connectivity index (χ0) is 19.1. The van der Waals surface area contributed by atoms with Gasteiger partial charge in [-0.1, -0.05) is 30.3 Å². The van der Waals surface area contributed by atoms with Gasteiger partial charge in [-0.05, 0) is 49.8 Å². The van der Waals surface area contributed by atoms with Crippen LogP contribution in [0.4, 0.5) is 0 Å². The van der Waals surface area contributed by atoms with Crippen molar-refractivity contribution in [2.45, 2.75) is 26.6 Å². The Morgan fingerprint density at radius 3 is 2.63 bits per heavy atom. The van der Waals surface area contributed by atoms with E-state index in [1.165, 1.54) is 11.1 Å². The summed E-state index contributed by atoms with van der Waals surface area (Å²) < 4.78 is 10.8. The fourth-order valence-corrected chi connectivity index (χ4v) is 2.94. The van der Waals surface area contributed by atoms with Gasteiger partial charge < -0.3 is 25.0 Å². The number of hydrogen-bond donors (Lipinski definition) is 2. The van der Waals surface area contributed by atoms with E-state index in [2.05, 4.69) is 60.8 Å². The van der Waals surface area contributed by atoms with Crippen LogP contribution < -0.4 is 20.1 Å². The fraction of sp³-hybridized carbons (Fsp3) is 0.381. The maximum atomic E-state index is 5.44. The van der Waals surface area contributed by atoms with E-state index in [4.69, 9.17) is 14.5 Å². The van der Waals surface area contributed by atoms with Gasteiger partial charge in [0.1, 0.15) is 0 Å². The van der Waals surface area contributed by atoms with Crippen LogP contribution in [0.1, 0.15) is 23.6 Å². The molecule has 1 aliphatic heterocycles. The highest BCUT2D eigenvalue weighted by Crippen LogP contribution is 2.32. The Morgan fingerprint density at radius 2 is 1.81 bits per heavy atom. The normalized spacial score (nSPS) is 13.1. The van der Waals surface area contributed by atoms with Crippen LogP contribution in [0.15, 0.2) is 47.5 Å². The zero-order valence-corrected chi connectivity index (χ0v) is 16.3. The van der Waals surface area contributed by atoms with Crippen molar-refractivity contribution in [1.82, 2.24) is 15.5 Å². The lowest BCUT2D eigenvalue weighted by atomic mass is 10.1. The maximum absolute atomic E-state index is 5.44. The Kier molecular flexibility index (Phi) is 6.54. The van der Waals surface area contributed by atoms with Gasteiger partial charge in [0.05, 0.1) is 6.54 Å². The fourth-order valence-electron chi connectivity index (χ4n) is 2.94. The van der Waals surface area contributed by atoms with Crippen LogP contribution >= 0.6 is 0 Å². The minimum Gasteiger partial charge on any atom is -0.454 e. The summed E-state index contributed by atoms with van der Waals surface area (Å²) >= 11 is 0. The molecule has 0 bridgehead atoms. The van der Waals surface area contributed by atoms with E-state index in [0.717, 1.165) is 36.1 Å². The Morgan fingerprint density at radius 1 is 1.00 bits per heavy atom. The standard InChI is InChI=1S/C21H28N4O2/c1-4-22-21(23-12-16-6-5-7-18(10-16)14-25(2)3)24-13-17-8-9-19-20(11-17)27-15-26-19/h5-11H,4,12-15H2,1-3H3,(H2,22,23,24). The molecule has 0 unspecified atom stereocenters. The van der Waals surface area contributed by atoms with Gasteiger partial charge in [-0.2, -0.15) is 0 Å². The smallest absolute Gasteiger partial charge is 0.231 e. The van der Waals surface area contributed by atoms with Crippen LogP contribution in [0, 0.1) is 0 Å². The molecule has 0 saturated heterocycles. The number of benzene rings is 2. The molecular formula is C21H28N4O2. The number of nitrogens with zero attached hydrogens (tertiary/aromatic N) is 2. The van der Waals surface area contributed by atoms with E-state index in [9.17, 15) is 0 Å².